The Kier molecular flexibility index (Phi) is 3.60. The lowest BCUT2D eigenvalue weighted by Gasteiger charge is -2.33. The number of halogens is 1. The Morgan fingerprint density at radius 3 is 2.90 bits per heavy atom. The number of fused-ring (bicyclic) bond motifs is 1. The number of hydrogen-bond donors (Lipinski definition) is 1. The van der Waals surface area contributed by atoms with Crippen molar-refractivity contribution in [2.45, 2.75) is 25.8 Å². The van der Waals surface area contributed by atoms with Crippen molar-refractivity contribution in [2.24, 2.45) is 0 Å². The molecule has 0 aliphatic carbocycles. The van der Waals surface area contributed by atoms with Gasteiger partial charge in [-0.3, -0.25) is 4.79 Å². The monoisotopic (exact) mass is 337 g/mol. The van der Waals surface area contributed by atoms with Crippen LogP contribution in [0.2, 0.25) is 0 Å². The molecule has 1 N–H and O–H groups in total. The molecule has 106 valence electrons. The molecule has 0 unspecified atom stereocenters. The predicted molar refractivity (Wildman–Crippen MR) is 79.7 cm³/mol. The molecule has 7 heteroatoms. The van der Waals surface area contributed by atoms with Crippen LogP contribution in [0, 0.1) is 0 Å². The molecule has 1 aliphatic heterocycles. The van der Waals surface area contributed by atoms with Crippen molar-refractivity contribution in [1.29, 1.82) is 0 Å². The van der Waals surface area contributed by atoms with Crippen LogP contribution in [0.5, 0.6) is 0 Å². The number of piperidine rings is 1. The summed E-state index contributed by atoms with van der Waals surface area (Å²) in [6.07, 6.45) is 7.45. The van der Waals surface area contributed by atoms with Gasteiger partial charge in [-0.15, -0.1) is 0 Å². The number of nitrogens with one attached hydrogen (secondary N) is 1. The topological polar surface area (TPSA) is 62.5 Å². The summed E-state index contributed by atoms with van der Waals surface area (Å²) >= 11 is 3.44. The Morgan fingerprint density at radius 2 is 2.20 bits per heavy atom. The number of nitrogens with zero attached hydrogens (tertiary/aromatic N) is 4. The molecule has 0 atom stereocenters. The lowest BCUT2D eigenvalue weighted by molar-refractivity contribution is -0.119. The molecule has 0 aromatic carbocycles. The van der Waals surface area contributed by atoms with Gasteiger partial charge in [-0.25, -0.2) is 9.97 Å². The fraction of sp³-hybridized carbons (Fsp3) is 0.462. The van der Waals surface area contributed by atoms with E-state index in [2.05, 4.69) is 36.1 Å². The first-order valence-electron chi connectivity index (χ1n) is 6.65. The number of anilines is 1. The third-order valence-corrected chi connectivity index (χ3v) is 3.91. The van der Waals surface area contributed by atoms with Gasteiger partial charge in [-0.2, -0.15) is 0 Å². The predicted octanol–water partition coefficient (Wildman–Crippen LogP) is 1.60. The van der Waals surface area contributed by atoms with Crippen LogP contribution in [0.4, 0.5) is 5.82 Å². The molecule has 2 aromatic heterocycles. The first-order valence-corrected chi connectivity index (χ1v) is 7.44. The Bertz CT molecular complexity index is 633. The van der Waals surface area contributed by atoms with Crippen LogP contribution in [-0.4, -0.2) is 39.4 Å². The van der Waals surface area contributed by atoms with Crippen molar-refractivity contribution < 1.29 is 4.79 Å². The zero-order valence-corrected chi connectivity index (χ0v) is 12.8. The second kappa shape index (κ2) is 5.40. The maximum absolute atomic E-state index is 11.1. The number of carbonyl (C=O) groups is 1. The van der Waals surface area contributed by atoms with E-state index in [0.717, 1.165) is 42.0 Å². The summed E-state index contributed by atoms with van der Waals surface area (Å²) in [7, 11) is 0. The van der Waals surface area contributed by atoms with Crippen molar-refractivity contribution in [3.63, 3.8) is 0 Å². The number of amides is 1. The van der Waals surface area contributed by atoms with E-state index in [1.165, 1.54) is 0 Å². The van der Waals surface area contributed by atoms with Gasteiger partial charge in [0.05, 0.1) is 0 Å². The minimum Gasteiger partial charge on any atom is -0.353 e. The molecule has 3 rings (SSSR count). The summed E-state index contributed by atoms with van der Waals surface area (Å²) < 4.78 is 2.76. The second-order valence-electron chi connectivity index (χ2n) is 5.01. The van der Waals surface area contributed by atoms with Gasteiger partial charge in [-0.05, 0) is 28.8 Å². The highest BCUT2D eigenvalue weighted by Crippen LogP contribution is 2.24. The van der Waals surface area contributed by atoms with Crippen molar-refractivity contribution in [2.75, 3.05) is 18.0 Å². The van der Waals surface area contributed by atoms with E-state index in [1.54, 1.807) is 13.1 Å². The highest BCUT2D eigenvalue weighted by molar-refractivity contribution is 9.10. The average Bonchev–Trinajstić information content (AvgIpc) is 2.86. The Hall–Kier alpha value is -1.63. The van der Waals surface area contributed by atoms with Crippen LogP contribution in [0.15, 0.2) is 23.2 Å². The zero-order chi connectivity index (χ0) is 14.1. The smallest absolute Gasteiger partial charge is 0.217 e. The van der Waals surface area contributed by atoms with E-state index in [9.17, 15) is 4.79 Å². The zero-order valence-electron chi connectivity index (χ0n) is 11.2. The summed E-state index contributed by atoms with van der Waals surface area (Å²) in [6.45, 7) is 3.31. The van der Waals surface area contributed by atoms with Crippen LogP contribution in [0.1, 0.15) is 19.8 Å². The molecule has 6 nitrogen and oxygen atoms in total. The summed E-state index contributed by atoms with van der Waals surface area (Å²) in [6, 6.07) is 0.270. The largest absolute Gasteiger partial charge is 0.353 e. The van der Waals surface area contributed by atoms with Gasteiger partial charge in [0.1, 0.15) is 4.60 Å². The number of carbonyl (C=O) groups excluding carboxylic acids is 1. The van der Waals surface area contributed by atoms with Gasteiger partial charge in [-0.1, -0.05) is 0 Å². The maximum Gasteiger partial charge on any atom is 0.217 e. The Morgan fingerprint density at radius 1 is 1.45 bits per heavy atom. The van der Waals surface area contributed by atoms with Gasteiger partial charge in [0.2, 0.25) is 5.91 Å². The van der Waals surface area contributed by atoms with Crippen molar-refractivity contribution in [1.82, 2.24) is 19.7 Å². The lowest BCUT2D eigenvalue weighted by atomic mass is 10.1. The first kappa shape index (κ1) is 13.4. The standard InChI is InChI=1S/C13H16BrN5O/c1-9(20)16-10-2-5-18(6-3-10)13-12-15-4-7-19(12)8-11(14)17-13/h4,7-8,10H,2-3,5-6H2,1H3,(H,16,20). The molecule has 1 fully saturated rings. The molecule has 20 heavy (non-hydrogen) atoms. The molecule has 0 radical (unpaired) electrons. The van der Waals surface area contributed by atoms with E-state index >= 15 is 0 Å². The van der Waals surface area contributed by atoms with Crippen LogP contribution in [-0.2, 0) is 4.79 Å². The highest BCUT2D eigenvalue weighted by atomic mass is 79.9. The van der Waals surface area contributed by atoms with E-state index in [-0.39, 0.29) is 11.9 Å². The fourth-order valence-corrected chi connectivity index (χ4v) is 3.01. The summed E-state index contributed by atoms with van der Waals surface area (Å²) in [5, 5.41) is 2.98. The van der Waals surface area contributed by atoms with E-state index in [1.807, 2.05) is 16.8 Å². The quantitative estimate of drug-likeness (QED) is 0.904. The van der Waals surface area contributed by atoms with E-state index in [0.29, 0.717) is 0 Å². The molecule has 1 saturated heterocycles. The fourth-order valence-electron chi connectivity index (χ4n) is 2.62. The molecule has 0 spiro atoms. The van der Waals surface area contributed by atoms with Gasteiger partial charge in [0.15, 0.2) is 11.5 Å². The maximum atomic E-state index is 11.1. The van der Waals surface area contributed by atoms with Crippen LogP contribution >= 0.6 is 15.9 Å². The van der Waals surface area contributed by atoms with Gasteiger partial charge in [0, 0.05) is 44.6 Å². The van der Waals surface area contributed by atoms with Gasteiger partial charge in [0.25, 0.3) is 0 Å². The normalized spacial score (nSPS) is 16.6. The second-order valence-corrected chi connectivity index (χ2v) is 5.82. The third-order valence-electron chi connectivity index (χ3n) is 3.53. The molecular weight excluding hydrogens is 322 g/mol. The van der Waals surface area contributed by atoms with E-state index in [4.69, 9.17) is 0 Å². The summed E-state index contributed by atoms with van der Waals surface area (Å²) in [4.78, 5) is 22.2. The van der Waals surface area contributed by atoms with Crippen LogP contribution < -0.4 is 10.2 Å². The third kappa shape index (κ3) is 2.63. The molecule has 1 amide bonds. The number of hydrogen-bond acceptors (Lipinski definition) is 4. The van der Waals surface area contributed by atoms with E-state index < -0.39 is 0 Å². The molecule has 2 aromatic rings. The highest BCUT2D eigenvalue weighted by Gasteiger charge is 2.22. The van der Waals surface area contributed by atoms with Gasteiger partial charge >= 0.3 is 0 Å². The number of rotatable bonds is 2. The van der Waals surface area contributed by atoms with Crippen LogP contribution in [0.3, 0.4) is 0 Å². The molecule has 0 saturated carbocycles. The number of aromatic nitrogens is 3. The first-order chi connectivity index (χ1) is 9.63. The minimum atomic E-state index is 0.0414. The Balaban J connectivity index is 1.79. The summed E-state index contributed by atoms with van der Waals surface area (Å²) in [5.74, 6) is 0.935. The number of imidazole rings is 1. The summed E-state index contributed by atoms with van der Waals surface area (Å²) in [5.41, 5.74) is 0.867. The minimum absolute atomic E-state index is 0.0414. The molecule has 3 heterocycles. The molecule has 1 aliphatic rings. The average molecular weight is 338 g/mol. The Labute approximate surface area is 125 Å². The lowest BCUT2D eigenvalue weighted by Crippen LogP contribution is -2.44. The van der Waals surface area contributed by atoms with Crippen LogP contribution in [0.25, 0.3) is 5.65 Å². The SMILES string of the molecule is CC(=O)NC1CCN(c2nc(Br)cn3ccnc23)CC1. The van der Waals surface area contributed by atoms with Gasteiger partial charge < -0.3 is 14.6 Å². The molecule has 0 bridgehead atoms. The van der Waals surface area contributed by atoms with Crippen molar-refractivity contribution in [3.05, 3.63) is 23.2 Å². The van der Waals surface area contributed by atoms with Crippen molar-refractivity contribution >= 4 is 33.3 Å². The van der Waals surface area contributed by atoms with Crippen molar-refractivity contribution in [3.8, 4) is 0 Å². The molecular formula is C13H16BrN5O.